The molecule has 0 bridgehead atoms. The Hall–Kier alpha value is -1.46. The van der Waals surface area contributed by atoms with Crippen LogP contribution in [-0.4, -0.2) is 37.0 Å². The van der Waals surface area contributed by atoms with Crippen molar-refractivity contribution in [3.05, 3.63) is 35.6 Å². The summed E-state index contributed by atoms with van der Waals surface area (Å²) in [5, 5.41) is 2.96. The van der Waals surface area contributed by atoms with Gasteiger partial charge < -0.3 is 16.0 Å². The third-order valence-corrected chi connectivity index (χ3v) is 4.28. The standard InChI is InChI=1S/C16H24FN3O/c1-20(2)14(12-5-7-13(17)8-6-12)11-19-15(21)16(18)9-3-4-10-16/h5-8,14H,3-4,9-11,18H2,1-2H3,(H,19,21). The van der Waals surface area contributed by atoms with E-state index < -0.39 is 5.54 Å². The molecule has 116 valence electrons. The summed E-state index contributed by atoms with van der Waals surface area (Å²) in [6.07, 6.45) is 3.53. The molecule has 1 fully saturated rings. The maximum Gasteiger partial charge on any atom is 0.240 e. The van der Waals surface area contributed by atoms with E-state index in [1.54, 1.807) is 12.1 Å². The largest absolute Gasteiger partial charge is 0.353 e. The first kappa shape index (κ1) is 15.9. The molecule has 1 aromatic rings. The molecule has 0 aliphatic heterocycles. The number of hydrogen-bond acceptors (Lipinski definition) is 3. The van der Waals surface area contributed by atoms with E-state index >= 15 is 0 Å². The quantitative estimate of drug-likeness (QED) is 0.870. The highest BCUT2D eigenvalue weighted by Crippen LogP contribution is 2.27. The Morgan fingerprint density at radius 2 is 1.90 bits per heavy atom. The second-order valence-electron chi connectivity index (χ2n) is 6.10. The molecule has 1 aromatic carbocycles. The van der Waals surface area contributed by atoms with Crippen LogP contribution in [0.15, 0.2) is 24.3 Å². The number of carbonyl (C=O) groups is 1. The first-order chi connectivity index (χ1) is 9.92. The molecule has 1 amide bonds. The number of amides is 1. The van der Waals surface area contributed by atoms with Crippen molar-refractivity contribution in [3.63, 3.8) is 0 Å². The molecule has 0 spiro atoms. The predicted molar refractivity (Wildman–Crippen MR) is 81.2 cm³/mol. The summed E-state index contributed by atoms with van der Waals surface area (Å²) < 4.78 is 13.0. The van der Waals surface area contributed by atoms with Crippen LogP contribution >= 0.6 is 0 Å². The number of benzene rings is 1. The van der Waals surface area contributed by atoms with Crippen molar-refractivity contribution in [2.75, 3.05) is 20.6 Å². The first-order valence-electron chi connectivity index (χ1n) is 7.41. The van der Waals surface area contributed by atoms with Gasteiger partial charge in [0.05, 0.1) is 11.6 Å². The van der Waals surface area contributed by atoms with Crippen molar-refractivity contribution < 1.29 is 9.18 Å². The van der Waals surface area contributed by atoms with Crippen molar-refractivity contribution >= 4 is 5.91 Å². The molecule has 4 nitrogen and oxygen atoms in total. The Labute approximate surface area is 125 Å². The molecule has 2 rings (SSSR count). The summed E-state index contributed by atoms with van der Waals surface area (Å²) in [4.78, 5) is 14.3. The number of halogens is 1. The van der Waals surface area contributed by atoms with Gasteiger partial charge >= 0.3 is 0 Å². The molecule has 0 radical (unpaired) electrons. The average molecular weight is 293 g/mol. The zero-order valence-corrected chi connectivity index (χ0v) is 12.7. The smallest absolute Gasteiger partial charge is 0.240 e. The lowest BCUT2D eigenvalue weighted by atomic mass is 9.97. The molecule has 1 saturated carbocycles. The lowest BCUT2D eigenvalue weighted by molar-refractivity contribution is -0.126. The number of carbonyl (C=O) groups excluding carboxylic acids is 1. The third kappa shape index (κ3) is 3.80. The van der Waals surface area contributed by atoms with Gasteiger partial charge in [0, 0.05) is 6.54 Å². The molecule has 0 saturated heterocycles. The van der Waals surface area contributed by atoms with Crippen LogP contribution in [-0.2, 0) is 4.79 Å². The van der Waals surface area contributed by atoms with Gasteiger partial charge in [-0.3, -0.25) is 4.79 Å². The first-order valence-corrected chi connectivity index (χ1v) is 7.41. The molecule has 1 unspecified atom stereocenters. The highest BCUT2D eigenvalue weighted by molar-refractivity contribution is 5.86. The SMILES string of the molecule is CN(C)C(CNC(=O)C1(N)CCCC1)c1ccc(F)cc1. The summed E-state index contributed by atoms with van der Waals surface area (Å²) >= 11 is 0. The van der Waals surface area contributed by atoms with Crippen LogP contribution in [0.3, 0.4) is 0 Å². The fraction of sp³-hybridized carbons (Fsp3) is 0.562. The van der Waals surface area contributed by atoms with Crippen LogP contribution < -0.4 is 11.1 Å². The minimum atomic E-state index is -0.709. The summed E-state index contributed by atoms with van der Waals surface area (Å²) in [6.45, 7) is 0.469. The van der Waals surface area contributed by atoms with Crippen molar-refractivity contribution in [3.8, 4) is 0 Å². The van der Waals surface area contributed by atoms with E-state index in [1.165, 1.54) is 12.1 Å². The number of rotatable bonds is 5. The van der Waals surface area contributed by atoms with Crippen LogP contribution in [0.25, 0.3) is 0 Å². The van der Waals surface area contributed by atoms with Gasteiger partial charge in [-0.2, -0.15) is 0 Å². The van der Waals surface area contributed by atoms with Gasteiger partial charge in [0.2, 0.25) is 5.91 Å². The van der Waals surface area contributed by atoms with Crippen molar-refractivity contribution in [1.29, 1.82) is 0 Å². The summed E-state index contributed by atoms with van der Waals surface area (Å²) in [5.41, 5.74) is 6.41. The molecule has 3 N–H and O–H groups in total. The predicted octanol–water partition coefficient (Wildman–Crippen LogP) is 1.82. The maximum atomic E-state index is 13.0. The van der Waals surface area contributed by atoms with Gasteiger partial charge in [0.15, 0.2) is 0 Å². The highest BCUT2D eigenvalue weighted by atomic mass is 19.1. The Balaban J connectivity index is 2.00. The molecular weight excluding hydrogens is 269 g/mol. The number of nitrogens with two attached hydrogens (primary N) is 1. The molecule has 1 atom stereocenters. The van der Waals surface area contributed by atoms with Crippen molar-refractivity contribution in [2.45, 2.75) is 37.3 Å². The fourth-order valence-electron chi connectivity index (χ4n) is 2.88. The number of nitrogens with zero attached hydrogens (tertiary/aromatic N) is 1. The molecule has 21 heavy (non-hydrogen) atoms. The van der Waals surface area contributed by atoms with E-state index in [1.807, 2.05) is 19.0 Å². The fourth-order valence-corrected chi connectivity index (χ4v) is 2.88. The summed E-state index contributed by atoms with van der Waals surface area (Å²) in [6, 6.07) is 6.38. The molecule has 0 heterocycles. The lowest BCUT2D eigenvalue weighted by Crippen LogP contribution is -2.53. The van der Waals surface area contributed by atoms with Crippen LogP contribution in [0.4, 0.5) is 4.39 Å². The monoisotopic (exact) mass is 293 g/mol. The highest BCUT2D eigenvalue weighted by Gasteiger charge is 2.37. The van der Waals surface area contributed by atoms with Crippen molar-refractivity contribution in [1.82, 2.24) is 10.2 Å². The van der Waals surface area contributed by atoms with E-state index in [9.17, 15) is 9.18 Å². The van der Waals surface area contributed by atoms with E-state index in [0.717, 1.165) is 31.2 Å². The van der Waals surface area contributed by atoms with E-state index in [0.29, 0.717) is 6.54 Å². The number of likely N-dealkylation sites (N-methyl/N-ethyl adjacent to an activating group) is 1. The molecular formula is C16H24FN3O. The Bertz CT molecular complexity index is 481. The summed E-state index contributed by atoms with van der Waals surface area (Å²) in [7, 11) is 3.88. The molecule has 0 aromatic heterocycles. The van der Waals surface area contributed by atoms with Crippen LogP contribution in [0, 0.1) is 5.82 Å². The van der Waals surface area contributed by atoms with E-state index in [4.69, 9.17) is 5.73 Å². The van der Waals surface area contributed by atoms with Gasteiger partial charge in [0.1, 0.15) is 5.82 Å². The topological polar surface area (TPSA) is 58.4 Å². The second-order valence-corrected chi connectivity index (χ2v) is 6.10. The molecule has 5 heteroatoms. The minimum absolute atomic E-state index is 0.000414. The average Bonchev–Trinajstić information content (AvgIpc) is 2.88. The Morgan fingerprint density at radius 1 is 1.33 bits per heavy atom. The van der Waals surface area contributed by atoms with Gasteiger partial charge in [-0.1, -0.05) is 25.0 Å². The van der Waals surface area contributed by atoms with Gasteiger partial charge in [-0.05, 0) is 44.6 Å². The third-order valence-electron chi connectivity index (χ3n) is 4.28. The Kier molecular flexibility index (Phi) is 4.96. The maximum absolute atomic E-state index is 13.0. The second kappa shape index (κ2) is 6.54. The van der Waals surface area contributed by atoms with Crippen LogP contribution in [0.5, 0.6) is 0 Å². The van der Waals surface area contributed by atoms with E-state index in [2.05, 4.69) is 5.32 Å². The molecule has 1 aliphatic rings. The van der Waals surface area contributed by atoms with Crippen LogP contribution in [0.2, 0.25) is 0 Å². The van der Waals surface area contributed by atoms with E-state index in [-0.39, 0.29) is 17.8 Å². The number of nitrogens with one attached hydrogen (secondary N) is 1. The summed E-state index contributed by atoms with van der Waals surface area (Å²) in [5.74, 6) is -0.332. The van der Waals surface area contributed by atoms with Crippen molar-refractivity contribution in [2.24, 2.45) is 5.73 Å². The zero-order chi connectivity index (χ0) is 15.5. The normalized spacial score (nSPS) is 18.7. The van der Waals surface area contributed by atoms with Gasteiger partial charge in [-0.25, -0.2) is 4.39 Å². The van der Waals surface area contributed by atoms with Gasteiger partial charge in [-0.15, -0.1) is 0 Å². The lowest BCUT2D eigenvalue weighted by Gasteiger charge is -2.28. The zero-order valence-electron chi connectivity index (χ0n) is 12.7. The minimum Gasteiger partial charge on any atom is -0.353 e. The van der Waals surface area contributed by atoms with Crippen LogP contribution in [0.1, 0.15) is 37.3 Å². The van der Waals surface area contributed by atoms with Gasteiger partial charge in [0.25, 0.3) is 0 Å². The number of hydrogen-bond donors (Lipinski definition) is 2. The Morgan fingerprint density at radius 3 is 2.43 bits per heavy atom. The molecule has 1 aliphatic carbocycles.